The molecule has 1 saturated carbocycles. The van der Waals surface area contributed by atoms with E-state index >= 15 is 0 Å². The van der Waals surface area contributed by atoms with Gasteiger partial charge in [-0.15, -0.1) is 0 Å². The van der Waals surface area contributed by atoms with Crippen molar-refractivity contribution in [2.24, 2.45) is 0 Å². The van der Waals surface area contributed by atoms with Gasteiger partial charge in [-0.3, -0.25) is 13.9 Å². The van der Waals surface area contributed by atoms with Gasteiger partial charge in [0.1, 0.15) is 24.2 Å². The summed E-state index contributed by atoms with van der Waals surface area (Å²) in [5.41, 5.74) is 0.373. The summed E-state index contributed by atoms with van der Waals surface area (Å²) in [6.45, 7) is 0.759. The van der Waals surface area contributed by atoms with Crippen molar-refractivity contribution < 1.29 is 27.1 Å². The molecule has 0 radical (unpaired) electrons. The Labute approximate surface area is 222 Å². The van der Waals surface area contributed by atoms with Gasteiger partial charge < -0.3 is 15.0 Å². The Hall–Kier alpha value is -2.85. The van der Waals surface area contributed by atoms with Gasteiger partial charge in [-0.1, -0.05) is 49.1 Å². The van der Waals surface area contributed by atoms with E-state index in [4.69, 9.17) is 16.3 Å². The quantitative estimate of drug-likeness (QED) is 0.477. The van der Waals surface area contributed by atoms with Gasteiger partial charge in [0.15, 0.2) is 0 Å². The Balaban J connectivity index is 1.90. The van der Waals surface area contributed by atoms with Gasteiger partial charge >= 0.3 is 0 Å². The zero-order valence-corrected chi connectivity index (χ0v) is 22.8. The molecule has 2 aromatic rings. The Morgan fingerprint density at radius 1 is 1.16 bits per heavy atom. The summed E-state index contributed by atoms with van der Waals surface area (Å²) in [6.07, 6.45) is 5.85. The van der Waals surface area contributed by atoms with E-state index in [0.29, 0.717) is 5.75 Å². The number of amides is 2. The molecule has 37 heavy (non-hydrogen) atoms. The first-order chi connectivity index (χ1) is 17.5. The predicted octanol–water partition coefficient (Wildman–Crippen LogP) is 4.12. The van der Waals surface area contributed by atoms with E-state index in [1.807, 2.05) is 0 Å². The molecule has 0 aliphatic heterocycles. The molecule has 1 atom stereocenters. The molecule has 2 aromatic carbocycles. The third-order valence-electron chi connectivity index (χ3n) is 6.52. The van der Waals surface area contributed by atoms with Gasteiger partial charge in [0.05, 0.1) is 24.1 Å². The van der Waals surface area contributed by atoms with Crippen LogP contribution in [0.15, 0.2) is 42.5 Å². The number of benzene rings is 2. The summed E-state index contributed by atoms with van der Waals surface area (Å²) in [5, 5.41) is 3.17. The molecule has 1 aliphatic rings. The first kappa shape index (κ1) is 28.7. The number of nitrogens with zero attached hydrogens (tertiary/aromatic N) is 2. The Kier molecular flexibility index (Phi) is 9.78. The van der Waals surface area contributed by atoms with Crippen LogP contribution in [0.2, 0.25) is 5.02 Å². The number of halogens is 2. The van der Waals surface area contributed by atoms with Crippen molar-refractivity contribution in [1.29, 1.82) is 0 Å². The maximum atomic E-state index is 14.5. The summed E-state index contributed by atoms with van der Waals surface area (Å²) in [6, 6.07) is 9.37. The van der Waals surface area contributed by atoms with Crippen LogP contribution in [0, 0.1) is 5.82 Å². The minimum absolute atomic E-state index is 0.0167. The van der Waals surface area contributed by atoms with Crippen LogP contribution in [0.5, 0.6) is 5.75 Å². The standard InChI is InChI=1S/C26H33ClFN3O5S/c1-18(26(33)29-20-10-5-4-6-11-20)30(16-19-9-7-8-12-23(19)28)25(32)17-31(37(3,34)35)21-13-14-24(36-2)22(27)15-21/h7-9,12-15,18,20H,4-6,10-11,16-17H2,1-3H3,(H,29,33)/t18-/m1/s1. The average Bonchev–Trinajstić information content (AvgIpc) is 2.86. The maximum absolute atomic E-state index is 14.5. The van der Waals surface area contributed by atoms with Crippen LogP contribution in [-0.2, 0) is 26.2 Å². The summed E-state index contributed by atoms with van der Waals surface area (Å²) in [7, 11) is -2.49. The number of hydrogen-bond acceptors (Lipinski definition) is 5. The number of hydrogen-bond donors (Lipinski definition) is 1. The van der Waals surface area contributed by atoms with Crippen LogP contribution in [0.25, 0.3) is 0 Å². The molecular formula is C26H33ClFN3O5S. The van der Waals surface area contributed by atoms with E-state index in [2.05, 4.69) is 5.32 Å². The van der Waals surface area contributed by atoms with E-state index in [9.17, 15) is 22.4 Å². The summed E-state index contributed by atoms with van der Waals surface area (Å²) in [5.74, 6) is -1.21. The Morgan fingerprint density at radius 3 is 2.43 bits per heavy atom. The number of carbonyl (C=O) groups is 2. The SMILES string of the molecule is COc1ccc(N(CC(=O)N(Cc2ccccc2F)[C@H](C)C(=O)NC2CCCCC2)S(C)(=O)=O)cc1Cl. The van der Waals surface area contributed by atoms with Crippen LogP contribution in [0.1, 0.15) is 44.6 Å². The van der Waals surface area contributed by atoms with Gasteiger partial charge in [-0.25, -0.2) is 12.8 Å². The first-order valence-corrected chi connectivity index (χ1v) is 14.4. The van der Waals surface area contributed by atoms with Crippen LogP contribution in [0.3, 0.4) is 0 Å². The molecule has 1 N–H and O–H groups in total. The lowest BCUT2D eigenvalue weighted by Gasteiger charge is -2.33. The van der Waals surface area contributed by atoms with Gasteiger partial charge in [0.25, 0.3) is 0 Å². The summed E-state index contributed by atoms with van der Waals surface area (Å²) < 4.78 is 45.9. The molecular weight excluding hydrogens is 521 g/mol. The number of anilines is 1. The van der Waals surface area contributed by atoms with Crippen molar-refractivity contribution in [1.82, 2.24) is 10.2 Å². The molecule has 1 fully saturated rings. The number of ether oxygens (including phenoxy) is 1. The van der Waals surface area contributed by atoms with E-state index in [-0.39, 0.29) is 34.8 Å². The second kappa shape index (κ2) is 12.6. The highest BCUT2D eigenvalue weighted by molar-refractivity contribution is 7.92. The molecule has 11 heteroatoms. The van der Waals surface area contributed by atoms with Crippen molar-refractivity contribution in [3.63, 3.8) is 0 Å². The van der Waals surface area contributed by atoms with Crippen molar-refractivity contribution >= 4 is 39.1 Å². The van der Waals surface area contributed by atoms with E-state index < -0.39 is 34.3 Å². The lowest BCUT2D eigenvalue weighted by molar-refractivity contribution is -0.139. The molecule has 0 bridgehead atoms. The monoisotopic (exact) mass is 553 g/mol. The Bertz CT molecular complexity index is 1220. The number of methoxy groups -OCH3 is 1. The third kappa shape index (κ3) is 7.58. The van der Waals surface area contributed by atoms with Gasteiger partial charge in [0, 0.05) is 18.2 Å². The Morgan fingerprint density at radius 2 is 1.84 bits per heavy atom. The second-order valence-corrected chi connectivity index (χ2v) is 11.5. The molecule has 0 spiro atoms. The third-order valence-corrected chi connectivity index (χ3v) is 7.96. The van der Waals surface area contributed by atoms with Gasteiger partial charge in [-0.2, -0.15) is 0 Å². The van der Waals surface area contributed by atoms with Crippen molar-refractivity contribution in [3.8, 4) is 5.75 Å². The van der Waals surface area contributed by atoms with Gasteiger partial charge in [-0.05, 0) is 44.0 Å². The lowest BCUT2D eigenvalue weighted by atomic mass is 9.95. The number of sulfonamides is 1. The maximum Gasteiger partial charge on any atom is 0.244 e. The minimum atomic E-state index is -3.92. The first-order valence-electron chi connectivity index (χ1n) is 12.2. The number of rotatable bonds is 10. The molecule has 3 rings (SSSR count). The van der Waals surface area contributed by atoms with Crippen molar-refractivity contribution in [3.05, 3.63) is 58.9 Å². The summed E-state index contributed by atoms with van der Waals surface area (Å²) in [4.78, 5) is 27.9. The number of carbonyl (C=O) groups excluding carboxylic acids is 2. The van der Waals surface area contributed by atoms with Crippen LogP contribution in [0.4, 0.5) is 10.1 Å². The zero-order chi connectivity index (χ0) is 27.2. The van der Waals surface area contributed by atoms with E-state index in [1.165, 1.54) is 48.4 Å². The fourth-order valence-corrected chi connectivity index (χ4v) is 5.48. The molecule has 0 saturated heterocycles. The highest BCUT2D eigenvalue weighted by Gasteiger charge is 2.31. The highest BCUT2D eigenvalue weighted by Crippen LogP contribution is 2.30. The molecule has 8 nitrogen and oxygen atoms in total. The molecule has 0 aromatic heterocycles. The van der Waals surface area contributed by atoms with Crippen LogP contribution < -0.4 is 14.4 Å². The average molecular weight is 554 g/mol. The van der Waals surface area contributed by atoms with Crippen LogP contribution in [-0.4, -0.2) is 57.1 Å². The lowest BCUT2D eigenvalue weighted by Crippen LogP contribution is -2.53. The molecule has 202 valence electrons. The smallest absolute Gasteiger partial charge is 0.244 e. The molecule has 0 unspecified atom stereocenters. The topological polar surface area (TPSA) is 96.0 Å². The molecule has 1 aliphatic carbocycles. The fourth-order valence-electron chi connectivity index (χ4n) is 4.39. The highest BCUT2D eigenvalue weighted by atomic mass is 35.5. The second-order valence-electron chi connectivity index (χ2n) is 9.22. The number of nitrogens with one attached hydrogen (secondary N) is 1. The van der Waals surface area contributed by atoms with E-state index in [1.54, 1.807) is 13.0 Å². The van der Waals surface area contributed by atoms with Crippen molar-refractivity contribution in [2.45, 2.75) is 57.7 Å². The minimum Gasteiger partial charge on any atom is -0.495 e. The van der Waals surface area contributed by atoms with Crippen molar-refractivity contribution in [2.75, 3.05) is 24.2 Å². The molecule has 0 heterocycles. The fraction of sp³-hybridized carbons (Fsp3) is 0.462. The largest absolute Gasteiger partial charge is 0.495 e. The predicted molar refractivity (Wildman–Crippen MR) is 142 cm³/mol. The molecule has 2 amide bonds. The normalized spacial score (nSPS) is 15.1. The van der Waals surface area contributed by atoms with Gasteiger partial charge in [0.2, 0.25) is 21.8 Å². The van der Waals surface area contributed by atoms with E-state index in [0.717, 1.165) is 42.7 Å². The van der Waals surface area contributed by atoms with Crippen LogP contribution >= 0.6 is 11.6 Å². The summed E-state index contributed by atoms with van der Waals surface area (Å²) >= 11 is 6.20. The zero-order valence-electron chi connectivity index (χ0n) is 21.2.